The van der Waals surface area contributed by atoms with Crippen LogP contribution in [0.1, 0.15) is 45.1 Å². The van der Waals surface area contributed by atoms with Crippen LogP contribution in [0.2, 0.25) is 0 Å². The van der Waals surface area contributed by atoms with Crippen LogP contribution in [-0.4, -0.2) is 49.9 Å². The number of sulfonamides is 1. The van der Waals surface area contributed by atoms with E-state index in [1.54, 1.807) is 29.2 Å². The standard InChI is InChI=1S/C29H27N3O7S/c30-17-19-6-7-22-21(16-19)29(18-32(22)40(36,37)26-11-10-25(39-26)28(34)35)12-14-31(15-13-29)27(33)24-9-8-23(38-24)20-4-2-1-3-5-20/h1-11,16H,12-15,17-18,30H2,(H,34,35). The molecule has 10 nitrogen and oxygen atoms in total. The molecule has 6 rings (SSSR count). The zero-order valence-electron chi connectivity index (χ0n) is 21.4. The van der Waals surface area contributed by atoms with Gasteiger partial charge in [-0.3, -0.25) is 9.10 Å². The molecule has 2 aliphatic rings. The first kappa shape index (κ1) is 25.9. The molecular weight excluding hydrogens is 534 g/mol. The average Bonchev–Trinajstić information content (AvgIpc) is 3.73. The summed E-state index contributed by atoms with van der Waals surface area (Å²) in [5.74, 6) is -1.15. The minimum atomic E-state index is -4.18. The quantitative estimate of drug-likeness (QED) is 0.358. The maximum atomic E-state index is 13.6. The van der Waals surface area contributed by atoms with Crippen molar-refractivity contribution in [2.75, 3.05) is 23.9 Å². The summed E-state index contributed by atoms with van der Waals surface area (Å²) in [7, 11) is -4.18. The fraction of sp³-hybridized carbons (Fsp3) is 0.241. The van der Waals surface area contributed by atoms with Gasteiger partial charge in [0.25, 0.3) is 15.9 Å². The first-order valence-electron chi connectivity index (χ1n) is 12.9. The lowest BCUT2D eigenvalue weighted by Crippen LogP contribution is -2.47. The Bertz CT molecular complexity index is 1700. The van der Waals surface area contributed by atoms with E-state index < -0.39 is 32.3 Å². The van der Waals surface area contributed by atoms with Crippen molar-refractivity contribution in [3.05, 3.63) is 95.4 Å². The minimum absolute atomic E-state index is 0.142. The van der Waals surface area contributed by atoms with E-state index in [1.807, 2.05) is 36.4 Å². The largest absolute Gasteiger partial charge is 0.475 e. The number of carbonyl (C=O) groups is 2. The number of carboxylic acids is 1. The SMILES string of the molecule is NCc1ccc2c(c1)C1(CCN(C(=O)c3ccc(-c4ccccc4)o3)CC1)CN2S(=O)(=O)c1ccc(C(=O)O)o1. The Hall–Kier alpha value is -4.35. The minimum Gasteiger partial charge on any atom is -0.475 e. The van der Waals surface area contributed by atoms with Gasteiger partial charge in [0.2, 0.25) is 10.9 Å². The second-order valence-corrected chi connectivity index (χ2v) is 11.9. The first-order chi connectivity index (χ1) is 19.2. The second kappa shape index (κ2) is 9.68. The number of aromatic carboxylic acids is 1. The summed E-state index contributed by atoms with van der Waals surface area (Å²) in [6.07, 6.45) is 1.05. The highest BCUT2D eigenvalue weighted by molar-refractivity contribution is 7.92. The normalized spacial score (nSPS) is 16.3. The number of likely N-dealkylation sites (tertiary alicyclic amines) is 1. The van der Waals surface area contributed by atoms with Gasteiger partial charge in [-0.1, -0.05) is 42.5 Å². The summed E-state index contributed by atoms with van der Waals surface area (Å²) in [4.78, 5) is 26.3. The van der Waals surface area contributed by atoms with Crippen molar-refractivity contribution in [2.45, 2.75) is 29.9 Å². The summed E-state index contributed by atoms with van der Waals surface area (Å²) in [6, 6.07) is 20.7. The predicted molar refractivity (Wildman–Crippen MR) is 145 cm³/mol. The molecule has 0 saturated carbocycles. The lowest BCUT2D eigenvalue weighted by molar-refractivity contribution is 0.0639. The van der Waals surface area contributed by atoms with Gasteiger partial charge in [-0.2, -0.15) is 8.42 Å². The molecule has 40 heavy (non-hydrogen) atoms. The van der Waals surface area contributed by atoms with E-state index in [4.69, 9.17) is 14.6 Å². The smallest absolute Gasteiger partial charge is 0.371 e. The number of carbonyl (C=O) groups excluding carboxylic acids is 1. The van der Waals surface area contributed by atoms with Gasteiger partial charge in [0.1, 0.15) is 5.76 Å². The number of amides is 1. The molecule has 4 aromatic rings. The Kier molecular flexibility index (Phi) is 6.27. The van der Waals surface area contributed by atoms with E-state index in [-0.39, 0.29) is 18.2 Å². The fourth-order valence-corrected chi connectivity index (χ4v) is 7.11. The van der Waals surface area contributed by atoms with Crippen molar-refractivity contribution in [1.29, 1.82) is 0 Å². The third-order valence-corrected chi connectivity index (χ3v) is 9.44. The predicted octanol–water partition coefficient (Wildman–Crippen LogP) is 4.08. The number of fused-ring (bicyclic) bond motifs is 2. The van der Waals surface area contributed by atoms with Crippen LogP contribution in [0.5, 0.6) is 0 Å². The Labute approximate surface area is 230 Å². The zero-order valence-corrected chi connectivity index (χ0v) is 22.3. The van der Waals surface area contributed by atoms with E-state index in [9.17, 15) is 23.1 Å². The van der Waals surface area contributed by atoms with E-state index in [0.29, 0.717) is 43.9 Å². The van der Waals surface area contributed by atoms with Crippen molar-refractivity contribution in [3.8, 4) is 11.3 Å². The van der Waals surface area contributed by atoms with Crippen LogP contribution in [-0.2, 0) is 22.0 Å². The third kappa shape index (κ3) is 4.27. The van der Waals surface area contributed by atoms with Gasteiger partial charge in [0, 0.05) is 37.2 Å². The van der Waals surface area contributed by atoms with Gasteiger partial charge < -0.3 is 24.6 Å². The fourth-order valence-electron chi connectivity index (χ4n) is 5.63. The van der Waals surface area contributed by atoms with Crippen molar-refractivity contribution < 1.29 is 31.9 Å². The maximum absolute atomic E-state index is 13.6. The number of furan rings is 2. The summed E-state index contributed by atoms with van der Waals surface area (Å²) in [6.45, 7) is 1.25. The number of benzene rings is 2. The number of carboxylic acid groups (broad SMARTS) is 1. The number of hydrogen-bond acceptors (Lipinski definition) is 7. The Morgan fingerprint density at radius 3 is 2.33 bits per heavy atom. The molecule has 2 aliphatic heterocycles. The van der Waals surface area contributed by atoms with Crippen LogP contribution in [0.25, 0.3) is 11.3 Å². The molecule has 0 unspecified atom stereocenters. The summed E-state index contributed by atoms with van der Waals surface area (Å²) < 4.78 is 39.6. The average molecular weight is 562 g/mol. The van der Waals surface area contributed by atoms with Gasteiger partial charge in [-0.05, 0) is 54.3 Å². The molecule has 11 heteroatoms. The van der Waals surface area contributed by atoms with Crippen LogP contribution < -0.4 is 10.0 Å². The highest BCUT2D eigenvalue weighted by Crippen LogP contribution is 2.49. The van der Waals surface area contributed by atoms with E-state index >= 15 is 0 Å². The van der Waals surface area contributed by atoms with Crippen molar-refractivity contribution in [3.63, 3.8) is 0 Å². The van der Waals surface area contributed by atoms with Crippen LogP contribution in [0.15, 0.2) is 86.7 Å². The van der Waals surface area contributed by atoms with E-state index in [1.165, 1.54) is 4.31 Å². The van der Waals surface area contributed by atoms with Gasteiger partial charge in [-0.15, -0.1) is 0 Å². The maximum Gasteiger partial charge on any atom is 0.371 e. The molecule has 1 spiro atoms. The highest BCUT2D eigenvalue weighted by Gasteiger charge is 2.49. The van der Waals surface area contributed by atoms with Crippen molar-refractivity contribution in [1.82, 2.24) is 4.90 Å². The van der Waals surface area contributed by atoms with Crippen LogP contribution in [0.4, 0.5) is 5.69 Å². The van der Waals surface area contributed by atoms with Gasteiger partial charge >= 0.3 is 5.97 Å². The molecule has 1 amide bonds. The first-order valence-corrected chi connectivity index (χ1v) is 14.3. The van der Waals surface area contributed by atoms with Crippen LogP contribution in [0, 0.1) is 0 Å². The molecule has 2 aromatic carbocycles. The highest BCUT2D eigenvalue weighted by atomic mass is 32.2. The van der Waals surface area contributed by atoms with Gasteiger partial charge in [-0.25, -0.2) is 4.79 Å². The lowest BCUT2D eigenvalue weighted by Gasteiger charge is -2.39. The second-order valence-electron chi connectivity index (χ2n) is 10.1. The molecule has 1 saturated heterocycles. The summed E-state index contributed by atoms with van der Waals surface area (Å²) >= 11 is 0. The molecular formula is C29H27N3O7S. The van der Waals surface area contributed by atoms with Crippen LogP contribution in [0.3, 0.4) is 0 Å². The number of piperidine rings is 1. The molecule has 0 atom stereocenters. The Morgan fingerprint density at radius 2 is 1.65 bits per heavy atom. The number of anilines is 1. The summed E-state index contributed by atoms with van der Waals surface area (Å²) in [5, 5.41) is 8.77. The topological polar surface area (TPSA) is 147 Å². The van der Waals surface area contributed by atoms with Gasteiger partial charge in [0.05, 0.1) is 5.69 Å². The van der Waals surface area contributed by atoms with Crippen molar-refractivity contribution in [2.24, 2.45) is 5.73 Å². The molecule has 0 bridgehead atoms. The number of rotatable bonds is 6. The molecule has 3 N–H and O–H groups in total. The van der Waals surface area contributed by atoms with Crippen LogP contribution >= 0.6 is 0 Å². The lowest BCUT2D eigenvalue weighted by atomic mass is 9.74. The monoisotopic (exact) mass is 561 g/mol. The van der Waals surface area contributed by atoms with Crippen molar-refractivity contribution >= 4 is 27.6 Å². The molecule has 206 valence electrons. The number of hydrogen-bond donors (Lipinski definition) is 2. The van der Waals surface area contributed by atoms with Gasteiger partial charge in [0.15, 0.2) is 5.76 Å². The number of nitrogens with two attached hydrogens (primary N) is 1. The number of nitrogens with zero attached hydrogens (tertiary/aromatic N) is 2. The third-order valence-electron chi connectivity index (χ3n) is 7.80. The molecule has 0 radical (unpaired) electrons. The Balaban J connectivity index is 1.26. The summed E-state index contributed by atoms with van der Waals surface area (Å²) in [5.41, 5.74) is 8.46. The molecule has 2 aromatic heterocycles. The van der Waals surface area contributed by atoms with E-state index in [0.717, 1.165) is 28.8 Å². The Morgan fingerprint density at radius 1 is 0.925 bits per heavy atom. The molecule has 1 fully saturated rings. The zero-order chi connectivity index (χ0) is 28.1. The molecule has 0 aliphatic carbocycles. The molecule has 4 heterocycles. The van der Waals surface area contributed by atoms with E-state index in [2.05, 4.69) is 0 Å².